The number of benzene rings is 2. The van der Waals surface area contributed by atoms with Crippen molar-refractivity contribution in [2.24, 2.45) is 0 Å². The van der Waals surface area contributed by atoms with Crippen LogP contribution in [0.4, 0.5) is 0 Å². The highest BCUT2D eigenvalue weighted by Crippen LogP contribution is 2.44. The Balaban J connectivity index is 1.56. The summed E-state index contributed by atoms with van der Waals surface area (Å²) in [5.41, 5.74) is 2.81. The highest BCUT2D eigenvalue weighted by Gasteiger charge is 2.45. The molecular formula is C21H22BrN3O. The van der Waals surface area contributed by atoms with Crippen molar-refractivity contribution in [1.82, 2.24) is 14.9 Å². The van der Waals surface area contributed by atoms with Gasteiger partial charge in [0.15, 0.2) is 0 Å². The smallest absolute Gasteiger partial charge is 0.231 e. The lowest BCUT2D eigenvalue weighted by atomic mass is 9.64. The standard InChI is InChI=1S/C21H22BrN3O/c1-2-25-18-7-4-3-6-17(18)24-19(25)14-23-20(26)21(12-5-13-21)15-8-10-16(22)11-9-15/h3-4,6-11H,2,5,12-14H2,1H3,(H,23,26). The zero-order valence-corrected chi connectivity index (χ0v) is 16.4. The maximum Gasteiger partial charge on any atom is 0.231 e. The number of hydrogen-bond donors (Lipinski definition) is 1. The molecule has 1 amide bonds. The van der Waals surface area contributed by atoms with Crippen LogP contribution in [0.25, 0.3) is 11.0 Å². The normalized spacial score (nSPS) is 15.6. The second-order valence-corrected chi connectivity index (χ2v) is 7.80. The van der Waals surface area contributed by atoms with Crippen molar-refractivity contribution in [1.29, 1.82) is 0 Å². The van der Waals surface area contributed by atoms with E-state index in [1.54, 1.807) is 0 Å². The van der Waals surface area contributed by atoms with Crippen molar-refractivity contribution in [3.8, 4) is 0 Å². The van der Waals surface area contributed by atoms with Crippen LogP contribution < -0.4 is 5.32 Å². The van der Waals surface area contributed by atoms with E-state index in [1.165, 1.54) is 0 Å². The van der Waals surface area contributed by atoms with Gasteiger partial charge in [-0.05, 0) is 49.6 Å². The van der Waals surface area contributed by atoms with E-state index in [0.29, 0.717) is 6.54 Å². The van der Waals surface area contributed by atoms with Crippen LogP contribution in [-0.4, -0.2) is 15.5 Å². The zero-order chi connectivity index (χ0) is 18.1. The van der Waals surface area contributed by atoms with E-state index in [2.05, 4.69) is 50.9 Å². The molecule has 1 fully saturated rings. The molecule has 3 aromatic rings. The predicted molar refractivity (Wildman–Crippen MR) is 107 cm³/mol. The first-order chi connectivity index (χ1) is 12.6. The van der Waals surface area contributed by atoms with Crippen molar-refractivity contribution < 1.29 is 4.79 Å². The average Bonchev–Trinajstić information content (AvgIpc) is 2.98. The molecule has 1 saturated carbocycles. The number of rotatable bonds is 5. The van der Waals surface area contributed by atoms with Crippen molar-refractivity contribution in [3.05, 3.63) is 64.4 Å². The van der Waals surface area contributed by atoms with Crippen LogP contribution in [0.5, 0.6) is 0 Å². The molecule has 1 N–H and O–H groups in total. The molecule has 26 heavy (non-hydrogen) atoms. The largest absolute Gasteiger partial charge is 0.348 e. The number of halogens is 1. The SMILES string of the molecule is CCn1c(CNC(=O)C2(c3ccc(Br)cc3)CCC2)nc2ccccc21. The Labute approximate surface area is 161 Å². The van der Waals surface area contributed by atoms with Crippen LogP contribution in [-0.2, 0) is 23.3 Å². The molecule has 5 heteroatoms. The first-order valence-electron chi connectivity index (χ1n) is 9.12. The van der Waals surface area contributed by atoms with E-state index in [0.717, 1.165) is 52.7 Å². The third-order valence-corrected chi connectivity index (χ3v) is 6.02. The molecule has 0 unspecified atom stereocenters. The average molecular weight is 412 g/mol. The highest BCUT2D eigenvalue weighted by atomic mass is 79.9. The maximum absolute atomic E-state index is 13.1. The van der Waals surface area contributed by atoms with Gasteiger partial charge in [0.1, 0.15) is 5.82 Å². The van der Waals surface area contributed by atoms with Crippen molar-refractivity contribution in [2.75, 3.05) is 0 Å². The molecule has 1 heterocycles. The lowest BCUT2D eigenvalue weighted by Gasteiger charge is -2.40. The Morgan fingerprint density at radius 1 is 1.19 bits per heavy atom. The molecule has 0 spiro atoms. The summed E-state index contributed by atoms with van der Waals surface area (Å²) in [5.74, 6) is 1.02. The molecule has 0 bridgehead atoms. The maximum atomic E-state index is 13.1. The van der Waals surface area contributed by atoms with Gasteiger partial charge in [0.2, 0.25) is 5.91 Å². The monoisotopic (exact) mass is 411 g/mol. The number of carbonyl (C=O) groups is 1. The number of imidazole rings is 1. The summed E-state index contributed by atoms with van der Waals surface area (Å²) in [6.45, 7) is 3.40. The van der Waals surface area contributed by atoms with Gasteiger partial charge in [-0.25, -0.2) is 4.98 Å². The summed E-state index contributed by atoms with van der Waals surface area (Å²) in [6, 6.07) is 16.3. The Hall–Kier alpha value is -2.14. The third-order valence-electron chi connectivity index (χ3n) is 5.50. The van der Waals surface area contributed by atoms with E-state index < -0.39 is 0 Å². The first kappa shape index (κ1) is 17.3. The van der Waals surface area contributed by atoms with Crippen LogP contribution in [0.3, 0.4) is 0 Å². The van der Waals surface area contributed by atoms with Crippen LogP contribution in [0.15, 0.2) is 53.0 Å². The number of carbonyl (C=O) groups excluding carboxylic acids is 1. The van der Waals surface area contributed by atoms with E-state index in [-0.39, 0.29) is 11.3 Å². The highest BCUT2D eigenvalue weighted by molar-refractivity contribution is 9.10. The molecule has 134 valence electrons. The summed E-state index contributed by atoms with van der Waals surface area (Å²) in [4.78, 5) is 17.8. The Morgan fingerprint density at radius 2 is 1.92 bits per heavy atom. The molecular weight excluding hydrogens is 390 g/mol. The Morgan fingerprint density at radius 3 is 2.58 bits per heavy atom. The van der Waals surface area contributed by atoms with Gasteiger partial charge in [0.25, 0.3) is 0 Å². The summed E-state index contributed by atoms with van der Waals surface area (Å²) < 4.78 is 3.20. The van der Waals surface area contributed by atoms with Gasteiger partial charge in [-0.15, -0.1) is 0 Å². The van der Waals surface area contributed by atoms with Gasteiger partial charge in [0, 0.05) is 11.0 Å². The molecule has 0 aliphatic heterocycles. The van der Waals surface area contributed by atoms with Gasteiger partial charge in [0.05, 0.1) is 23.0 Å². The fraction of sp³-hybridized carbons (Fsp3) is 0.333. The lowest BCUT2D eigenvalue weighted by Crippen LogP contribution is -2.49. The number of fused-ring (bicyclic) bond motifs is 1. The van der Waals surface area contributed by atoms with E-state index in [9.17, 15) is 4.79 Å². The lowest BCUT2D eigenvalue weighted by molar-refractivity contribution is -0.130. The summed E-state index contributed by atoms with van der Waals surface area (Å²) >= 11 is 3.47. The zero-order valence-electron chi connectivity index (χ0n) is 14.8. The topological polar surface area (TPSA) is 46.9 Å². The van der Waals surface area contributed by atoms with Crippen LogP contribution in [0.1, 0.15) is 37.6 Å². The van der Waals surface area contributed by atoms with E-state index >= 15 is 0 Å². The molecule has 1 aliphatic rings. The fourth-order valence-electron chi connectivity index (χ4n) is 3.89. The second kappa shape index (κ2) is 6.88. The van der Waals surface area contributed by atoms with Crippen molar-refractivity contribution in [2.45, 2.75) is 44.7 Å². The van der Waals surface area contributed by atoms with Crippen LogP contribution in [0.2, 0.25) is 0 Å². The summed E-state index contributed by atoms with van der Waals surface area (Å²) in [5, 5.41) is 3.16. The van der Waals surface area contributed by atoms with Gasteiger partial charge >= 0.3 is 0 Å². The van der Waals surface area contributed by atoms with Gasteiger partial charge in [-0.1, -0.05) is 46.6 Å². The Kier molecular flexibility index (Phi) is 4.57. The number of hydrogen-bond acceptors (Lipinski definition) is 2. The minimum absolute atomic E-state index is 0.112. The van der Waals surface area contributed by atoms with Crippen molar-refractivity contribution >= 4 is 32.9 Å². The number of aromatic nitrogens is 2. The molecule has 0 atom stereocenters. The number of aryl methyl sites for hydroxylation is 1. The Bertz CT molecular complexity index is 942. The van der Waals surface area contributed by atoms with Crippen LogP contribution in [0, 0.1) is 0 Å². The molecule has 1 aliphatic carbocycles. The quantitative estimate of drug-likeness (QED) is 0.668. The minimum Gasteiger partial charge on any atom is -0.348 e. The van der Waals surface area contributed by atoms with Crippen molar-refractivity contribution in [3.63, 3.8) is 0 Å². The number of para-hydroxylation sites is 2. The van der Waals surface area contributed by atoms with E-state index in [4.69, 9.17) is 4.98 Å². The number of amides is 1. The van der Waals surface area contributed by atoms with Gasteiger partial charge < -0.3 is 9.88 Å². The summed E-state index contributed by atoms with van der Waals surface area (Å²) in [7, 11) is 0. The number of nitrogens with zero attached hydrogens (tertiary/aromatic N) is 2. The van der Waals surface area contributed by atoms with Crippen LogP contribution >= 0.6 is 15.9 Å². The molecule has 0 radical (unpaired) electrons. The molecule has 1 aromatic heterocycles. The van der Waals surface area contributed by atoms with Gasteiger partial charge in [-0.2, -0.15) is 0 Å². The van der Waals surface area contributed by atoms with Gasteiger partial charge in [-0.3, -0.25) is 4.79 Å². The first-order valence-corrected chi connectivity index (χ1v) is 9.92. The molecule has 2 aromatic carbocycles. The second-order valence-electron chi connectivity index (χ2n) is 6.89. The fourth-order valence-corrected chi connectivity index (χ4v) is 4.15. The number of nitrogens with one attached hydrogen (secondary N) is 1. The molecule has 4 nitrogen and oxygen atoms in total. The van der Waals surface area contributed by atoms with E-state index in [1.807, 2.05) is 30.3 Å². The third kappa shape index (κ3) is 2.84. The minimum atomic E-state index is -0.385. The molecule has 4 rings (SSSR count). The molecule has 0 saturated heterocycles. The summed E-state index contributed by atoms with van der Waals surface area (Å²) in [6.07, 6.45) is 2.91. The predicted octanol–water partition coefficient (Wildman–Crippen LogP) is 4.56.